The van der Waals surface area contributed by atoms with E-state index in [2.05, 4.69) is 35.2 Å². The van der Waals surface area contributed by atoms with Crippen molar-refractivity contribution in [1.82, 2.24) is 9.80 Å². The molecule has 4 heteroatoms. The van der Waals surface area contributed by atoms with Crippen molar-refractivity contribution < 1.29 is 9.59 Å². The van der Waals surface area contributed by atoms with Crippen LogP contribution in [0, 0.1) is 11.8 Å². The van der Waals surface area contributed by atoms with Crippen LogP contribution >= 0.6 is 0 Å². The molecule has 0 radical (unpaired) electrons. The van der Waals surface area contributed by atoms with E-state index >= 15 is 0 Å². The molecule has 29 heavy (non-hydrogen) atoms. The van der Waals surface area contributed by atoms with Gasteiger partial charge in [-0.15, -0.1) is 0 Å². The maximum Gasteiger partial charge on any atom is 0.253 e. The van der Waals surface area contributed by atoms with Crippen molar-refractivity contribution in [3.05, 3.63) is 71.8 Å². The molecule has 4 nitrogen and oxygen atoms in total. The molecule has 0 saturated carbocycles. The molecule has 0 unspecified atom stereocenters. The molecule has 2 fully saturated rings. The van der Waals surface area contributed by atoms with Gasteiger partial charge >= 0.3 is 0 Å². The molecule has 4 rings (SSSR count). The molecule has 0 aromatic heterocycles. The summed E-state index contributed by atoms with van der Waals surface area (Å²) in [5, 5.41) is 0. The number of amides is 2. The Labute approximate surface area is 173 Å². The first-order chi connectivity index (χ1) is 14.2. The first-order valence-corrected chi connectivity index (χ1v) is 10.9. The van der Waals surface area contributed by atoms with E-state index in [1.807, 2.05) is 35.2 Å². The van der Waals surface area contributed by atoms with E-state index < -0.39 is 0 Å². The Hall–Kier alpha value is -2.62. The molecular weight excluding hydrogens is 360 g/mol. The minimum absolute atomic E-state index is 0.0699. The molecule has 2 aromatic rings. The minimum atomic E-state index is 0.0699. The lowest BCUT2D eigenvalue weighted by Gasteiger charge is -2.37. The second kappa shape index (κ2) is 9.25. The molecule has 0 bridgehead atoms. The summed E-state index contributed by atoms with van der Waals surface area (Å²) < 4.78 is 0. The van der Waals surface area contributed by atoms with Crippen LogP contribution in [0.1, 0.15) is 41.6 Å². The third-order valence-corrected chi connectivity index (χ3v) is 6.45. The summed E-state index contributed by atoms with van der Waals surface area (Å²) in [6, 6.07) is 20.1. The zero-order valence-electron chi connectivity index (χ0n) is 17.0. The molecule has 2 aromatic carbocycles. The topological polar surface area (TPSA) is 40.6 Å². The lowest BCUT2D eigenvalue weighted by Crippen LogP contribution is -2.46. The van der Waals surface area contributed by atoms with Gasteiger partial charge in [0.2, 0.25) is 5.91 Å². The Morgan fingerprint density at radius 2 is 1.28 bits per heavy atom. The van der Waals surface area contributed by atoms with Gasteiger partial charge in [0.15, 0.2) is 0 Å². The van der Waals surface area contributed by atoms with Crippen LogP contribution in [-0.2, 0) is 11.2 Å². The van der Waals surface area contributed by atoms with Crippen molar-refractivity contribution in [1.29, 1.82) is 0 Å². The number of benzene rings is 2. The first kappa shape index (κ1) is 19.7. The second-order valence-electron chi connectivity index (χ2n) is 8.39. The van der Waals surface area contributed by atoms with E-state index in [-0.39, 0.29) is 11.8 Å². The first-order valence-electron chi connectivity index (χ1n) is 10.9. The lowest BCUT2D eigenvalue weighted by atomic mass is 9.88. The van der Waals surface area contributed by atoms with Crippen LogP contribution in [0.25, 0.3) is 0 Å². The number of rotatable bonds is 4. The standard InChI is InChI=1S/C25H30N2O2/c28-24(22-9-5-2-6-10-22)27-17-13-23(14-18-27)25(29)26-15-11-21(12-16-26)19-20-7-3-1-4-8-20/h1-10,21,23H,11-19H2. The summed E-state index contributed by atoms with van der Waals surface area (Å²) >= 11 is 0. The molecule has 2 saturated heterocycles. The van der Waals surface area contributed by atoms with Gasteiger partial charge in [0.05, 0.1) is 0 Å². The van der Waals surface area contributed by atoms with Crippen molar-refractivity contribution in [3.63, 3.8) is 0 Å². The predicted molar refractivity (Wildman–Crippen MR) is 115 cm³/mol. The van der Waals surface area contributed by atoms with Gasteiger partial charge in [-0.3, -0.25) is 9.59 Å². The molecule has 0 aliphatic carbocycles. The van der Waals surface area contributed by atoms with Gasteiger partial charge in [-0.05, 0) is 55.7 Å². The number of hydrogen-bond donors (Lipinski definition) is 0. The number of likely N-dealkylation sites (tertiary alicyclic amines) is 2. The molecule has 2 amide bonds. The molecule has 2 aliphatic heterocycles. The van der Waals surface area contributed by atoms with Crippen LogP contribution in [0.15, 0.2) is 60.7 Å². The van der Waals surface area contributed by atoms with Crippen molar-refractivity contribution in [2.75, 3.05) is 26.2 Å². The Morgan fingerprint density at radius 3 is 1.90 bits per heavy atom. The van der Waals surface area contributed by atoms with Crippen molar-refractivity contribution in [3.8, 4) is 0 Å². The van der Waals surface area contributed by atoms with Gasteiger partial charge in [0.1, 0.15) is 0 Å². The predicted octanol–water partition coefficient (Wildman–Crippen LogP) is 4.02. The summed E-state index contributed by atoms with van der Waals surface area (Å²) in [5.41, 5.74) is 2.13. The van der Waals surface area contributed by atoms with E-state index in [4.69, 9.17) is 0 Å². The Bertz CT molecular complexity index is 805. The van der Waals surface area contributed by atoms with Gasteiger partial charge in [-0.2, -0.15) is 0 Å². The highest BCUT2D eigenvalue weighted by Crippen LogP contribution is 2.26. The van der Waals surface area contributed by atoms with E-state index in [1.165, 1.54) is 5.56 Å². The van der Waals surface area contributed by atoms with Gasteiger partial charge in [-0.25, -0.2) is 0 Å². The van der Waals surface area contributed by atoms with Gasteiger partial charge < -0.3 is 9.80 Å². The van der Waals surface area contributed by atoms with Crippen LogP contribution in [0.4, 0.5) is 0 Å². The Kier molecular flexibility index (Phi) is 6.28. The highest BCUT2D eigenvalue weighted by atomic mass is 16.2. The molecular formula is C25H30N2O2. The van der Waals surface area contributed by atoms with E-state index in [9.17, 15) is 9.59 Å². The highest BCUT2D eigenvalue weighted by molar-refractivity contribution is 5.94. The Balaban J connectivity index is 1.23. The number of nitrogens with zero attached hydrogens (tertiary/aromatic N) is 2. The smallest absolute Gasteiger partial charge is 0.253 e. The molecule has 2 heterocycles. The number of carbonyl (C=O) groups excluding carboxylic acids is 2. The summed E-state index contributed by atoms with van der Waals surface area (Å²) in [7, 11) is 0. The van der Waals surface area contributed by atoms with Crippen LogP contribution in [0.2, 0.25) is 0 Å². The maximum absolute atomic E-state index is 13.0. The molecule has 0 atom stereocenters. The SMILES string of the molecule is O=C(c1ccccc1)N1CCC(C(=O)N2CCC(Cc3ccccc3)CC2)CC1. The fourth-order valence-corrected chi connectivity index (χ4v) is 4.66. The zero-order valence-corrected chi connectivity index (χ0v) is 17.0. The Morgan fingerprint density at radius 1 is 0.724 bits per heavy atom. The number of piperidine rings is 2. The summed E-state index contributed by atoms with van der Waals surface area (Å²) in [6.07, 6.45) is 4.85. The van der Waals surface area contributed by atoms with E-state index in [0.717, 1.165) is 50.8 Å². The van der Waals surface area contributed by atoms with Gasteiger partial charge in [0.25, 0.3) is 5.91 Å². The van der Waals surface area contributed by atoms with Gasteiger partial charge in [0, 0.05) is 37.7 Å². The van der Waals surface area contributed by atoms with E-state index in [0.29, 0.717) is 24.9 Å². The van der Waals surface area contributed by atoms with Crippen LogP contribution in [0.3, 0.4) is 0 Å². The molecule has 152 valence electrons. The quantitative estimate of drug-likeness (QED) is 0.791. The second-order valence-corrected chi connectivity index (χ2v) is 8.39. The summed E-state index contributed by atoms with van der Waals surface area (Å²) in [6.45, 7) is 3.10. The summed E-state index contributed by atoms with van der Waals surface area (Å²) in [5.74, 6) is 1.13. The molecule has 0 N–H and O–H groups in total. The third-order valence-electron chi connectivity index (χ3n) is 6.45. The van der Waals surface area contributed by atoms with Crippen LogP contribution in [0.5, 0.6) is 0 Å². The molecule has 0 spiro atoms. The lowest BCUT2D eigenvalue weighted by molar-refractivity contribution is -0.138. The fraction of sp³-hybridized carbons (Fsp3) is 0.440. The highest BCUT2D eigenvalue weighted by Gasteiger charge is 2.32. The van der Waals surface area contributed by atoms with Crippen LogP contribution < -0.4 is 0 Å². The van der Waals surface area contributed by atoms with Crippen LogP contribution in [-0.4, -0.2) is 47.8 Å². The van der Waals surface area contributed by atoms with Crippen molar-refractivity contribution in [2.24, 2.45) is 11.8 Å². The average Bonchev–Trinajstić information content (AvgIpc) is 2.80. The third kappa shape index (κ3) is 4.87. The van der Waals surface area contributed by atoms with Gasteiger partial charge in [-0.1, -0.05) is 48.5 Å². The van der Waals surface area contributed by atoms with E-state index in [1.54, 1.807) is 0 Å². The minimum Gasteiger partial charge on any atom is -0.342 e. The van der Waals surface area contributed by atoms with Crippen molar-refractivity contribution >= 4 is 11.8 Å². The monoisotopic (exact) mass is 390 g/mol. The maximum atomic E-state index is 13.0. The van der Waals surface area contributed by atoms with Crippen molar-refractivity contribution in [2.45, 2.75) is 32.1 Å². The summed E-state index contributed by atoms with van der Waals surface area (Å²) in [4.78, 5) is 29.5. The number of carbonyl (C=O) groups is 2. The average molecular weight is 391 g/mol. The fourth-order valence-electron chi connectivity index (χ4n) is 4.66. The molecule has 2 aliphatic rings. The largest absolute Gasteiger partial charge is 0.342 e. The normalized spacial score (nSPS) is 18.6. The number of hydrogen-bond acceptors (Lipinski definition) is 2. The zero-order chi connectivity index (χ0) is 20.1.